The van der Waals surface area contributed by atoms with E-state index < -0.39 is 19.1 Å². The monoisotopic (exact) mass is 313 g/mol. The molecule has 0 aliphatic rings. The van der Waals surface area contributed by atoms with Crippen molar-refractivity contribution >= 4 is 13.0 Å². The van der Waals surface area contributed by atoms with Crippen LogP contribution in [0.15, 0.2) is 54.6 Å². The highest BCUT2D eigenvalue weighted by Crippen LogP contribution is 2.15. The Bertz CT molecular complexity index is 616. The number of aliphatic carboxylic acids is 1. The molecule has 6 heteroatoms. The highest BCUT2D eigenvalue weighted by molar-refractivity contribution is 6.46. The van der Waals surface area contributed by atoms with Crippen LogP contribution in [0.25, 0.3) is 0 Å². The quantitative estimate of drug-likeness (QED) is 0.649. The second kappa shape index (κ2) is 8.36. The fourth-order valence-electron chi connectivity index (χ4n) is 2.21. The van der Waals surface area contributed by atoms with E-state index in [-0.39, 0.29) is 0 Å². The number of carbonyl (C=O) groups is 1. The molecular formula is C17H20BNO4. The molecule has 0 fully saturated rings. The lowest BCUT2D eigenvalue weighted by molar-refractivity contribution is -0.139. The molecule has 0 aromatic heterocycles. The molecule has 2 aromatic rings. The van der Waals surface area contributed by atoms with Crippen molar-refractivity contribution in [1.82, 2.24) is 5.23 Å². The van der Waals surface area contributed by atoms with E-state index in [2.05, 4.69) is 5.23 Å². The van der Waals surface area contributed by atoms with Crippen LogP contribution in [0.5, 0.6) is 5.75 Å². The zero-order valence-electron chi connectivity index (χ0n) is 13.0. The van der Waals surface area contributed by atoms with Crippen LogP contribution >= 0.6 is 0 Å². The van der Waals surface area contributed by atoms with E-state index in [1.165, 1.54) is 6.82 Å². The number of carboxylic acid groups (broad SMARTS) is 1. The molecule has 0 spiro atoms. The van der Waals surface area contributed by atoms with Crippen molar-refractivity contribution < 1.29 is 19.7 Å². The van der Waals surface area contributed by atoms with Gasteiger partial charge in [0.1, 0.15) is 18.4 Å². The minimum Gasteiger partial charge on any atom is -0.489 e. The highest BCUT2D eigenvalue weighted by Gasteiger charge is 2.20. The van der Waals surface area contributed by atoms with Gasteiger partial charge in [0.25, 0.3) is 0 Å². The molecule has 120 valence electrons. The molecule has 0 saturated carbocycles. The summed E-state index contributed by atoms with van der Waals surface area (Å²) >= 11 is 0. The van der Waals surface area contributed by atoms with E-state index in [1.54, 1.807) is 0 Å². The van der Waals surface area contributed by atoms with Gasteiger partial charge in [-0.3, -0.25) is 4.79 Å². The highest BCUT2D eigenvalue weighted by atomic mass is 16.5. The zero-order chi connectivity index (χ0) is 16.7. The van der Waals surface area contributed by atoms with Crippen LogP contribution in [0.1, 0.15) is 11.1 Å². The predicted molar refractivity (Wildman–Crippen MR) is 89.3 cm³/mol. The summed E-state index contributed by atoms with van der Waals surface area (Å²) in [6.07, 6.45) is 0.291. The third kappa shape index (κ3) is 5.77. The first-order valence-electron chi connectivity index (χ1n) is 7.47. The van der Waals surface area contributed by atoms with E-state index >= 15 is 0 Å². The molecule has 2 rings (SSSR count). The van der Waals surface area contributed by atoms with Gasteiger partial charge in [-0.25, -0.2) is 0 Å². The topological polar surface area (TPSA) is 78.8 Å². The summed E-state index contributed by atoms with van der Waals surface area (Å²) in [5.41, 5.74) is 1.95. The van der Waals surface area contributed by atoms with Crippen molar-refractivity contribution in [2.75, 3.05) is 0 Å². The summed E-state index contributed by atoms with van der Waals surface area (Å²) in [4.78, 5) is 11.2. The van der Waals surface area contributed by atoms with Crippen molar-refractivity contribution in [3.8, 4) is 5.75 Å². The number of ether oxygens (including phenoxy) is 1. The number of nitrogens with one attached hydrogen (secondary N) is 1. The number of benzene rings is 2. The first kappa shape index (κ1) is 17.1. The van der Waals surface area contributed by atoms with E-state index in [9.17, 15) is 9.82 Å². The van der Waals surface area contributed by atoms with Crippen LogP contribution in [-0.4, -0.2) is 29.2 Å². The van der Waals surface area contributed by atoms with E-state index in [1.807, 2.05) is 54.6 Å². The molecule has 0 aliphatic heterocycles. The summed E-state index contributed by atoms with van der Waals surface area (Å²) in [5.74, 6) is -0.261. The largest absolute Gasteiger partial charge is 0.489 e. The van der Waals surface area contributed by atoms with Crippen molar-refractivity contribution in [2.24, 2.45) is 0 Å². The maximum absolute atomic E-state index is 11.2. The van der Waals surface area contributed by atoms with E-state index in [0.29, 0.717) is 13.0 Å². The molecule has 0 bridgehead atoms. The molecule has 5 nitrogen and oxygen atoms in total. The Hall–Kier alpha value is -2.31. The van der Waals surface area contributed by atoms with Crippen LogP contribution in [0, 0.1) is 0 Å². The van der Waals surface area contributed by atoms with Crippen molar-refractivity contribution in [3.63, 3.8) is 0 Å². The molecule has 3 N–H and O–H groups in total. The minimum atomic E-state index is -0.990. The molecule has 2 aromatic carbocycles. The van der Waals surface area contributed by atoms with Crippen molar-refractivity contribution in [3.05, 3.63) is 65.7 Å². The smallest absolute Gasteiger partial charge is 0.374 e. The number of hydrogen-bond donors (Lipinski definition) is 3. The molecule has 0 amide bonds. The first-order chi connectivity index (χ1) is 11.0. The molecule has 0 heterocycles. The third-order valence-electron chi connectivity index (χ3n) is 3.35. The zero-order valence-corrected chi connectivity index (χ0v) is 13.0. The third-order valence-corrected chi connectivity index (χ3v) is 3.35. The second-order valence-corrected chi connectivity index (χ2v) is 5.36. The van der Waals surface area contributed by atoms with Crippen molar-refractivity contribution in [2.45, 2.75) is 25.9 Å². The summed E-state index contributed by atoms with van der Waals surface area (Å²) in [6, 6.07) is 16.3. The van der Waals surface area contributed by atoms with Crippen molar-refractivity contribution in [1.29, 1.82) is 0 Å². The Balaban J connectivity index is 1.92. The number of hydrogen-bond acceptors (Lipinski definition) is 4. The Morgan fingerprint density at radius 3 is 2.35 bits per heavy atom. The lowest BCUT2D eigenvalue weighted by atomic mass is 9.86. The van der Waals surface area contributed by atoms with Gasteiger partial charge in [0.2, 0.25) is 0 Å². The summed E-state index contributed by atoms with van der Waals surface area (Å²) in [7, 11) is -0.871. The van der Waals surface area contributed by atoms with E-state index in [4.69, 9.17) is 9.84 Å². The fourth-order valence-corrected chi connectivity index (χ4v) is 2.21. The Kier molecular flexibility index (Phi) is 6.20. The summed E-state index contributed by atoms with van der Waals surface area (Å²) in [5, 5.41) is 21.0. The van der Waals surface area contributed by atoms with Gasteiger partial charge in [-0.2, -0.15) is 0 Å². The first-order valence-corrected chi connectivity index (χ1v) is 7.47. The molecule has 0 aliphatic carbocycles. The minimum absolute atomic E-state index is 0.291. The van der Waals surface area contributed by atoms with Gasteiger partial charge in [-0.05, 0) is 36.5 Å². The van der Waals surface area contributed by atoms with Gasteiger partial charge in [-0.15, -0.1) is 0 Å². The maximum atomic E-state index is 11.2. The fraction of sp³-hybridized carbons (Fsp3) is 0.235. The molecule has 0 radical (unpaired) electrons. The Morgan fingerprint density at radius 2 is 1.78 bits per heavy atom. The van der Waals surface area contributed by atoms with Gasteiger partial charge < -0.3 is 20.1 Å². The van der Waals surface area contributed by atoms with E-state index in [0.717, 1.165) is 16.9 Å². The van der Waals surface area contributed by atoms with Gasteiger partial charge in [0.15, 0.2) is 0 Å². The molecular weight excluding hydrogens is 293 g/mol. The van der Waals surface area contributed by atoms with Crippen LogP contribution in [0.3, 0.4) is 0 Å². The Labute approximate surface area is 136 Å². The lowest BCUT2D eigenvalue weighted by Crippen LogP contribution is -2.46. The average Bonchev–Trinajstić information content (AvgIpc) is 2.54. The summed E-state index contributed by atoms with van der Waals surface area (Å²) in [6.45, 7) is 1.98. The van der Waals surface area contributed by atoms with Crippen LogP contribution in [0.4, 0.5) is 0 Å². The normalized spacial score (nSPS) is 11.7. The van der Waals surface area contributed by atoms with Gasteiger partial charge in [0, 0.05) is 0 Å². The van der Waals surface area contributed by atoms with Crippen LogP contribution in [-0.2, 0) is 17.8 Å². The van der Waals surface area contributed by atoms with Gasteiger partial charge >= 0.3 is 13.0 Å². The molecule has 0 unspecified atom stereocenters. The SMILES string of the molecule is CB(O)N[C@@H](Cc1ccc(OCc2ccccc2)cc1)C(=O)O. The number of rotatable bonds is 8. The van der Waals surface area contributed by atoms with Gasteiger partial charge in [-0.1, -0.05) is 42.5 Å². The molecule has 23 heavy (non-hydrogen) atoms. The maximum Gasteiger partial charge on any atom is 0.374 e. The lowest BCUT2D eigenvalue weighted by Gasteiger charge is -2.15. The number of carboxylic acids is 1. The second-order valence-electron chi connectivity index (χ2n) is 5.36. The Morgan fingerprint density at radius 1 is 1.13 bits per heavy atom. The predicted octanol–water partition coefficient (Wildman–Crippen LogP) is 1.96. The standard InChI is InChI=1S/C17H20BNO4/c1-18(22)19-16(17(20)21)11-13-7-9-15(10-8-13)23-12-14-5-3-2-4-6-14/h2-10,16,19,22H,11-12H2,1H3,(H,20,21)/t16-/m0/s1. The summed E-state index contributed by atoms with van der Waals surface area (Å²) < 4.78 is 5.69. The average molecular weight is 313 g/mol. The van der Waals surface area contributed by atoms with Crippen LogP contribution < -0.4 is 9.96 Å². The molecule has 0 saturated heterocycles. The molecule has 1 atom stereocenters. The van der Waals surface area contributed by atoms with Crippen LogP contribution in [0.2, 0.25) is 6.82 Å². The van der Waals surface area contributed by atoms with Gasteiger partial charge in [0.05, 0.1) is 0 Å².